The Balaban J connectivity index is 3.96. The van der Waals surface area contributed by atoms with E-state index in [-0.39, 0.29) is 0 Å². The van der Waals surface area contributed by atoms with Crippen LogP contribution in [-0.2, 0) is 9.36 Å². The fourth-order valence-corrected chi connectivity index (χ4v) is 0.336. The van der Waals surface area contributed by atoms with Gasteiger partial charge < -0.3 is 0 Å². The van der Waals surface area contributed by atoms with Crippen molar-refractivity contribution in [1.82, 2.24) is 0 Å². The summed E-state index contributed by atoms with van der Waals surface area (Å²) >= 11 is 0. The number of hydrogen-bond acceptors (Lipinski definition) is 3. The molecule has 0 aromatic carbocycles. The molecular formula is C3H4NO3P. The molecule has 5 heteroatoms. The van der Waals surface area contributed by atoms with Crippen LogP contribution in [0.1, 0.15) is 0 Å². The van der Waals surface area contributed by atoms with Gasteiger partial charge >= 0.3 is 45.8 Å². The third-order valence-electron chi connectivity index (χ3n) is 0.458. The molecule has 0 aliphatic heterocycles. The first-order chi connectivity index (χ1) is 3.68. The number of hydrogen-bond donors (Lipinski definition) is 2. The van der Waals surface area contributed by atoms with Crippen LogP contribution in [0, 0.1) is 5.63 Å². The van der Waals surface area contributed by atoms with Crippen LogP contribution in [0.25, 0.3) is 0 Å². The van der Waals surface area contributed by atoms with E-state index in [1.165, 1.54) is 0 Å². The Bertz CT molecular complexity index is 182. The first-order valence-electron chi connectivity index (χ1n) is 1.74. The van der Waals surface area contributed by atoms with E-state index in [1.54, 1.807) is 0 Å². The number of carboxylic acids is 1. The molecule has 0 aliphatic rings. The normalized spacial score (nSPS) is 11.6. The van der Waals surface area contributed by atoms with Crippen LogP contribution in [0.15, 0.2) is 0 Å². The minimum absolute atomic E-state index is 0.471. The van der Waals surface area contributed by atoms with Crippen molar-refractivity contribution in [1.29, 1.82) is 0 Å². The van der Waals surface area contributed by atoms with Gasteiger partial charge in [-0.25, -0.2) is 0 Å². The summed E-state index contributed by atoms with van der Waals surface area (Å²) in [5, 5.41) is 7.98. The van der Waals surface area contributed by atoms with E-state index < -0.39 is 19.9 Å². The third kappa shape index (κ3) is 2.59. The second-order valence-electron chi connectivity index (χ2n) is 1.04. The monoisotopic (exact) mass is 133 g/mol. The maximum absolute atomic E-state index is 9.76. The predicted octanol–water partition coefficient (Wildman–Crippen LogP) is -0.351. The molecule has 0 saturated heterocycles. The van der Waals surface area contributed by atoms with E-state index in [9.17, 15) is 9.36 Å². The Kier molecular flexibility index (Phi) is 3.20. The predicted molar refractivity (Wildman–Crippen MR) is 27.1 cm³/mol. The summed E-state index contributed by atoms with van der Waals surface area (Å²) in [5.74, 6) is -1.23. The van der Waals surface area contributed by atoms with Crippen LogP contribution in [0.3, 0.4) is 0 Å². The fourth-order valence-electron chi connectivity index (χ4n) is 0.112. The molecule has 4 nitrogen and oxygen atoms in total. The number of aliphatic carboxylic acids is 1. The molecular weight excluding hydrogens is 129 g/mol. The van der Waals surface area contributed by atoms with Crippen molar-refractivity contribution >= 4 is 13.9 Å². The zero-order valence-corrected chi connectivity index (χ0v) is 4.76. The van der Waals surface area contributed by atoms with Crippen molar-refractivity contribution < 1.29 is 14.5 Å². The molecule has 0 spiro atoms. The quantitative estimate of drug-likeness (QED) is 0.479. The van der Waals surface area contributed by atoms with Crippen LogP contribution in [0.4, 0.5) is 0 Å². The standard InChI is InChI=1S/C3H4NO3P/c4-2(1-8-7)3(5)6/h2H,4H2,(H,5,6)/t2-/m0/s1. The van der Waals surface area contributed by atoms with Crippen molar-refractivity contribution in [3.05, 3.63) is 0 Å². The zero-order valence-electron chi connectivity index (χ0n) is 3.87. The van der Waals surface area contributed by atoms with Gasteiger partial charge in [0.15, 0.2) is 0 Å². The first-order valence-corrected chi connectivity index (χ1v) is 2.56. The van der Waals surface area contributed by atoms with E-state index in [1.807, 2.05) is 5.63 Å². The Morgan fingerprint density at radius 1 is 1.88 bits per heavy atom. The molecule has 0 bridgehead atoms. The second kappa shape index (κ2) is 3.44. The van der Waals surface area contributed by atoms with E-state index in [0.717, 1.165) is 0 Å². The van der Waals surface area contributed by atoms with Gasteiger partial charge in [-0.1, -0.05) is 0 Å². The molecule has 8 heavy (non-hydrogen) atoms. The van der Waals surface area contributed by atoms with Gasteiger partial charge in [-0.05, 0) is 0 Å². The van der Waals surface area contributed by atoms with Crippen molar-refractivity contribution in [3.63, 3.8) is 0 Å². The molecule has 0 amide bonds. The van der Waals surface area contributed by atoms with Crippen LogP contribution in [-0.4, -0.2) is 17.1 Å². The van der Waals surface area contributed by atoms with Gasteiger partial charge in [0, 0.05) is 0 Å². The average molecular weight is 133 g/mol. The van der Waals surface area contributed by atoms with Gasteiger partial charge in [0.25, 0.3) is 0 Å². The van der Waals surface area contributed by atoms with Gasteiger partial charge in [0.2, 0.25) is 0 Å². The molecule has 0 aromatic heterocycles. The molecule has 0 radical (unpaired) electrons. The molecule has 0 fully saturated rings. The first kappa shape index (κ1) is 7.44. The minimum atomic E-state index is -1.24. The maximum atomic E-state index is 9.76. The van der Waals surface area contributed by atoms with Gasteiger partial charge in [-0.3, -0.25) is 0 Å². The SMILES string of the molecule is N[C@@H](C#P=O)C(=O)O. The van der Waals surface area contributed by atoms with E-state index in [4.69, 9.17) is 10.8 Å². The number of nitrogens with two attached hydrogens (primary N) is 1. The fraction of sp³-hybridized carbons (Fsp3) is 0.333. The second-order valence-corrected chi connectivity index (χ2v) is 1.48. The Hall–Kier alpha value is -0.560. The summed E-state index contributed by atoms with van der Waals surface area (Å²) in [6.07, 6.45) is 0. The topological polar surface area (TPSA) is 80.4 Å². The van der Waals surface area contributed by atoms with E-state index in [0.29, 0.717) is 0 Å². The molecule has 1 atom stereocenters. The Labute approximate surface area is 46.8 Å². The summed E-state index contributed by atoms with van der Waals surface area (Å²) in [5.41, 5.74) is 6.75. The van der Waals surface area contributed by atoms with E-state index >= 15 is 0 Å². The van der Waals surface area contributed by atoms with Crippen molar-refractivity contribution in [2.75, 3.05) is 0 Å². The summed E-state index contributed by atoms with van der Waals surface area (Å²) in [6.45, 7) is 0. The van der Waals surface area contributed by atoms with Crippen LogP contribution in [0.2, 0.25) is 0 Å². The van der Waals surface area contributed by atoms with Crippen molar-refractivity contribution in [3.8, 4) is 5.63 Å². The summed E-state index contributed by atoms with van der Waals surface area (Å²) < 4.78 is 9.56. The molecule has 0 heterocycles. The number of carbonyl (C=O) groups is 1. The third-order valence-corrected chi connectivity index (χ3v) is 0.841. The van der Waals surface area contributed by atoms with Gasteiger partial charge in [0.05, 0.1) is 0 Å². The Morgan fingerprint density at radius 3 is 2.50 bits per heavy atom. The molecule has 0 aliphatic carbocycles. The molecule has 3 N–H and O–H groups in total. The van der Waals surface area contributed by atoms with Gasteiger partial charge in [-0.15, -0.1) is 0 Å². The molecule has 0 aromatic rings. The summed E-state index contributed by atoms with van der Waals surface area (Å²) in [4.78, 5) is 9.76. The Morgan fingerprint density at radius 2 is 2.38 bits per heavy atom. The van der Waals surface area contributed by atoms with Gasteiger partial charge in [-0.2, -0.15) is 0 Å². The number of carboxylic acid groups (broad SMARTS) is 1. The number of rotatable bonds is 1. The molecule has 0 rings (SSSR count). The molecule has 0 unspecified atom stereocenters. The van der Waals surface area contributed by atoms with E-state index in [2.05, 4.69) is 0 Å². The van der Waals surface area contributed by atoms with Crippen molar-refractivity contribution in [2.24, 2.45) is 5.73 Å². The molecule has 0 saturated carbocycles. The molecule has 44 valence electrons. The van der Waals surface area contributed by atoms with Crippen LogP contribution >= 0.6 is 7.92 Å². The van der Waals surface area contributed by atoms with Crippen LogP contribution in [0.5, 0.6) is 0 Å². The summed E-state index contributed by atoms with van der Waals surface area (Å²) in [7, 11) is -0.471. The average Bonchev–Trinajstić information content (AvgIpc) is 1.67. The zero-order chi connectivity index (χ0) is 6.57. The van der Waals surface area contributed by atoms with Gasteiger partial charge in [0.1, 0.15) is 0 Å². The van der Waals surface area contributed by atoms with Crippen molar-refractivity contribution in [2.45, 2.75) is 6.04 Å². The summed E-state index contributed by atoms with van der Waals surface area (Å²) in [6, 6.07) is -1.24. The van der Waals surface area contributed by atoms with Crippen LogP contribution < -0.4 is 5.73 Å².